The Balaban J connectivity index is 2.38. The fourth-order valence-corrected chi connectivity index (χ4v) is 4.00. The average molecular weight is 295 g/mol. The van der Waals surface area contributed by atoms with Crippen LogP contribution in [0.5, 0.6) is 0 Å². The lowest BCUT2D eigenvalue weighted by molar-refractivity contribution is -0.127. The second kappa shape index (κ2) is 5.46. The Hall–Kier alpha value is -1.14. The molecule has 0 aromatic carbocycles. The summed E-state index contributed by atoms with van der Waals surface area (Å²) >= 11 is 3.18. The van der Waals surface area contributed by atoms with E-state index in [-0.39, 0.29) is 11.2 Å². The number of amides is 1. The number of nitrogens with zero attached hydrogens (tertiary/aromatic N) is 3. The van der Waals surface area contributed by atoms with Crippen molar-refractivity contribution in [2.75, 3.05) is 14.1 Å². The van der Waals surface area contributed by atoms with Crippen molar-refractivity contribution in [3.05, 3.63) is 16.8 Å². The van der Waals surface area contributed by atoms with E-state index in [0.717, 1.165) is 15.2 Å². The summed E-state index contributed by atoms with van der Waals surface area (Å²) in [6.07, 6.45) is 1.58. The van der Waals surface area contributed by atoms with E-state index in [2.05, 4.69) is 23.8 Å². The van der Waals surface area contributed by atoms with Gasteiger partial charge in [0.25, 0.3) is 0 Å². The van der Waals surface area contributed by atoms with E-state index in [9.17, 15) is 4.79 Å². The van der Waals surface area contributed by atoms with Gasteiger partial charge < -0.3 is 4.90 Å². The topological polar surface area (TPSA) is 46.1 Å². The molecule has 0 N–H and O–H groups in total. The Kier molecular flexibility index (Phi) is 4.10. The molecule has 6 heteroatoms. The van der Waals surface area contributed by atoms with Crippen molar-refractivity contribution in [1.29, 1.82) is 0 Å². The lowest BCUT2D eigenvalue weighted by Crippen LogP contribution is -2.29. The number of carbonyl (C=O) groups is 1. The highest BCUT2D eigenvalue weighted by Gasteiger charge is 2.20. The van der Waals surface area contributed by atoms with Gasteiger partial charge in [-0.25, -0.2) is 9.97 Å². The minimum Gasteiger partial charge on any atom is -0.348 e. The fraction of sp³-hybridized carbons (Fsp3) is 0.462. The summed E-state index contributed by atoms with van der Waals surface area (Å²) in [5.41, 5.74) is 1.22. The largest absolute Gasteiger partial charge is 0.348 e. The molecule has 4 nitrogen and oxygen atoms in total. The number of aryl methyl sites for hydroxylation is 2. The van der Waals surface area contributed by atoms with Gasteiger partial charge in [0.1, 0.15) is 16.2 Å². The van der Waals surface area contributed by atoms with Gasteiger partial charge in [0.15, 0.2) is 0 Å². The molecule has 2 aromatic rings. The number of rotatable bonds is 3. The summed E-state index contributed by atoms with van der Waals surface area (Å²) in [7, 11) is 3.55. The van der Waals surface area contributed by atoms with Crippen LogP contribution in [0.25, 0.3) is 10.2 Å². The molecule has 19 heavy (non-hydrogen) atoms. The van der Waals surface area contributed by atoms with E-state index in [1.807, 2.05) is 6.92 Å². The Morgan fingerprint density at radius 3 is 2.68 bits per heavy atom. The molecule has 0 aliphatic rings. The normalized spacial score (nSPS) is 12.7. The molecule has 0 radical (unpaired) electrons. The highest BCUT2D eigenvalue weighted by Crippen LogP contribution is 2.36. The van der Waals surface area contributed by atoms with Crippen molar-refractivity contribution >= 4 is 39.2 Å². The average Bonchev–Trinajstić information content (AvgIpc) is 2.65. The zero-order chi connectivity index (χ0) is 14.2. The van der Waals surface area contributed by atoms with Crippen LogP contribution in [0.3, 0.4) is 0 Å². The van der Waals surface area contributed by atoms with E-state index in [1.165, 1.54) is 22.2 Å². The van der Waals surface area contributed by atoms with E-state index in [1.54, 1.807) is 36.7 Å². The van der Waals surface area contributed by atoms with Crippen molar-refractivity contribution < 1.29 is 4.79 Å². The molecule has 0 aliphatic carbocycles. The Morgan fingerprint density at radius 2 is 2.05 bits per heavy atom. The summed E-state index contributed by atoms with van der Waals surface area (Å²) < 4.78 is 0. The van der Waals surface area contributed by atoms with E-state index < -0.39 is 0 Å². The maximum absolute atomic E-state index is 11.9. The maximum atomic E-state index is 11.9. The molecule has 0 unspecified atom stereocenters. The van der Waals surface area contributed by atoms with Crippen molar-refractivity contribution in [1.82, 2.24) is 14.9 Å². The Bertz CT molecular complexity index is 622. The van der Waals surface area contributed by atoms with E-state index in [4.69, 9.17) is 0 Å². The molecule has 1 amide bonds. The Morgan fingerprint density at radius 1 is 1.37 bits per heavy atom. The smallest absolute Gasteiger partial charge is 0.235 e. The fourth-order valence-electron chi connectivity index (χ4n) is 1.82. The zero-order valence-electron chi connectivity index (χ0n) is 11.7. The van der Waals surface area contributed by atoms with Gasteiger partial charge in [-0.2, -0.15) is 0 Å². The predicted octanol–water partition coefficient (Wildman–Crippen LogP) is 2.88. The summed E-state index contributed by atoms with van der Waals surface area (Å²) in [5.74, 6) is 0.0985. The van der Waals surface area contributed by atoms with Crippen LogP contribution in [-0.2, 0) is 4.79 Å². The first kappa shape index (κ1) is 14.3. The molecule has 0 spiro atoms. The maximum Gasteiger partial charge on any atom is 0.235 e. The van der Waals surface area contributed by atoms with Crippen LogP contribution < -0.4 is 0 Å². The van der Waals surface area contributed by atoms with Crippen LogP contribution >= 0.6 is 23.1 Å². The summed E-state index contributed by atoms with van der Waals surface area (Å²) in [6, 6.07) is 0. The van der Waals surface area contributed by atoms with Crippen LogP contribution in [0, 0.1) is 13.8 Å². The summed E-state index contributed by atoms with van der Waals surface area (Å²) in [5, 5.41) is 1.84. The standard InChI is InChI=1S/C13H17N3OS2/c1-7-8(2)18-11-10(7)12(15-6-14-11)19-9(3)13(17)16(4)5/h6,9H,1-5H3/t9-/m0/s1. The van der Waals surface area contributed by atoms with Gasteiger partial charge in [0.05, 0.1) is 5.25 Å². The zero-order valence-corrected chi connectivity index (χ0v) is 13.4. The third-order valence-electron chi connectivity index (χ3n) is 3.01. The van der Waals surface area contributed by atoms with Crippen LogP contribution in [0.1, 0.15) is 17.4 Å². The molecular weight excluding hydrogens is 278 g/mol. The van der Waals surface area contributed by atoms with Crippen molar-refractivity contribution in [3.63, 3.8) is 0 Å². The van der Waals surface area contributed by atoms with Gasteiger partial charge in [-0.3, -0.25) is 4.79 Å². The molecule has 0 fully saturated rings. The molecule has 0 aliphatic heterocycles. The first-order valence-corrected chi connectivity index (χ1v) is 7.70. The van der Waals surface area contributed by atoms with Gasteiger partial charge in [-0.05, 0) is 26.3 Å². The highest BCUT2D eigenvalue weighted by molar-refractivity contribution is 8.00. The van der Waals surface area contributed by atoms with E-state index in [0.29, 0.717) is 0 Å². The third-order valence-corrected chi connectivity index (χ3v) is 5.21. The molecule has 0 saturated heterocycles. The van der Waals surface area contributed by atoms with Gasteiger partial charge in [0, 0.05) is 24.4 Å². The first-order valence-electron chi connectivity index (χ1n) is 6.00. The van der Waals surface area contributed by atoms with Crippen molar-refractivity contribution in [3.8, 4) is 0 Å². The number of hydrogen-bond acceptors (Lipinski definition) is 5. The lowest BCUT2D eigenvalue weighted by atomic mass is 10.2. The Labute approximate surface area is 121 Å². The molecule has 2 aromatic heterocycles. The van der Waals surface area contributed by atoms with Crippen LogP contribution in [0.15, 0.2) is 11.4 Å². The number of thioether (sulfide) groups is 1. The summed E-state index contributed by atoms with van der Waals surface area (Å²) in [4.78, 5) is 24.5. The first-order chi connectivity index (χ1) is 8.91. The molecule has 2 heterocycles. The van der Waals surface area contributed by atoms with Gasteiger partial charge >= 0.3 is 0 Å². The quantitative estimate of drug-likeness (QED) is 0.645. The number of thiophene rings is 1. The number of fused-ring (bicyclic) bond motifs is 1. The van der Waals surface area contributed by atoms with Gasteiger partial charge in [0.2, 0.25) is 5.91 Å². The molecular formula is C13H17N3OS2. The second-order valence-corrected chi connectivity index (χ2v) is 7.17. The monoisotopic (exact) mass is 295 g/mol. The lowest BCUT2D eigenvalue weighted by Gasteiger charge is -2.16. The summed E-state index contributed by atoms with van der Waals surface area (Å²) in [6.45, 7) is 6.08. The van der Waals surface area contributed by atoms with Crippen molar-refractivity contribution in [2.24, 2.45) is 0 Å². The minimum absolute atomic E-state index is 0.0985. The van der Waals surface area contributed by atoms with Crippen LogP contribution in [-0.4, -0.2) is 40.1 Å². The molecule has 102 valence electrons. The van der Waals surface area contributed by atoms with Crippen molar-refractivity contribution in [2.45, 2.75) is 31.0 Å². The number of aromatic nitrogens is 2. The third kappa shape index (κ3) is 2.74. The van der Waals surface area contributed by atoms with E-state index >= 15 is 0 Å². The van der Waals surface area contributed by atoms with Gasteiger partial charge in [-0.15, -0.1) is 11.3 Å². The van der Waals surface area contributed by atoms with Crippen LogP contribution in [0.2, 0.25) is 0 Å². The SMILES string of the molecule is Cc1sc2ncnc(S[C@@H](C)C(=O)N(C)C)c2c1C. The van der Waals surface area contributed by atoms with Gasteiger partial charge in [-0.1, -0.05) is 11.8 Å². The molecule has 2 rings (SSSR count). The second-order valence-electron chi connectivity index (χ2n) is 4.63. The molecule has 0 saturated carbocycles. The van der Waals surface area contributed by atoms with Crippen LogP contribution in [0.4, 0.5) is 0 Å². The molecule has 0 bridgehead atoms. The number of hydrogen-bond donors (Lipinski definition) is 0. The number of carbonyl (C=O) groups excluding carboxylic acids is 1. The predicted molar refractivity (Wildman–Crippen MR) is 80.9 cm³/mol. The molecule has 1 atom stereocenters. The highest BCUT2D eigenvalue weighted by atomic mass is 32.2. The minimum atomic E-state index is -0.146.